The van der Waals surface area contributed by atoms with Crippen molar-refractivity contribution >= 4 is 55.1 Å². The van der Waals surface area contributed by atoms with Crippen LogP contribution in [0, 0.1) is 0 Å². The predicted molar refractivity (Wildman–Crippen MR) is 150 cm³/mol. The first-order valence-electron chi connectivity index (χ1n) is 11.7. The van der Waals surface area contributed by atoms with Gasteiger partial charge in [0, 0.05) is 22.1 Å². The van der Waals surface area contributed by atoms with Gasteiger partial charge in [0.15, 0.2) is 0 Å². The molecule has 3 aromatic rings. The van der Waals surface area contributed by atoms with Crippen molar-refractivity contribution in [2.75, 3.05) is 10.8 Å². The number of benzene rings is 3. The highest BCUT2D eigenvalue weighted by Gasteiger charge is 2.32. The largest absolute Gasteiger partial charge is 0.352 e. The molecule has 0 aliphatic rings. The van der Waals surface area contributed by atoms with Crippen LogP contribution in [0.1, 0.15) is 26.3 Å². The number of hydrogen-bond acceptors (Lipinski definition) is 4. The molecular formula is C27H29BrClN3O4S. The summed E-state index contributed by atoms with van der Waals surface area (Å²) in [6.07, 6.45) is 0. The fourth-order valence-electron chi connectivity index (χ4n) is 3.63. The third-order valence-corrected chi connectivity index (χ3v) is 8.16. The number of halogens is 2. The van der Waals surface area contributed by atoms with Crippen LogP contribution in [0.5, 0.6) is 0 Å². The van der Waals surface area contributed by atoms with Crippen LogP contribution in [0.25, 0.3) is 0 Å². The first-order valence-corrected chi connectivity index (χ1v) is 14.3. The third kappa shape index (κ3) is 7.56. The monoisotopic (exact) mass is 605 g/mol. The summed E-state index contributed by atoms with van der Waals surface area (Å²) in [5, 5.41) is 3.23. The summed E-state index contributed by atoms with van der Waals surface area (Å²) in [5.41, 5.74) is 1.13. The molecule has 0 saturated carbocycles. The second kappa shape index (κ2) is 12.6. The number of rotatable bonds is 10. The number of carbonyl (C=O) groups excluding carboxylic acids is 2. The highest BCUT2D eigenvalue weighted by molar-refractivity contribution is 9.10. The Balaban J connectivity index is 1.99. The van der Waals surface area contributed by atoms with Crippen LogP contribution in [0.15, 0.2) is 88.2 Å². The summed E-state index contributed by atoms with van der Waals surface area (Å²) in [5.74, 6) is -0.844. The first kappa shape index (κ1) is 28.7. The number of carbonyl (C=O) groups is 2. The van der Waals surface area contributed by atoms with E-state index in [0.717, 1.165) is 14.3 Å². The Hall–Kier alpha value is -2.88. The zero-order chi connectivity index (χ0) is 27.2. The number of nitrogens with zero attached hydrogens (tertiary/aromatic N) is 2. The zero-order valence-corrected chi connectivity index (χ0v) is 23.9. The highest BCUT2D eigenvalue weighted by Crippen LogP contribution is 2.25. The van der Waals surface area contributed by atoms with Crippen LogP contribution in [0.4, 0.5) is 5.69 Å². The van der Waals surface area contributed by atoms with E-state index in [4.69, 9.17) is 11.6 Å². The van der Waals surface area contributed by atoms with E-state index in [1.54, 1.807) is 37.3 Å². The maximum Gasteiger partial charge on any atom is 0.264 e. The van der Waals surface area contributed by atoms with E-state index in [1.807, 2.05) is 38.1 Å². The molecule has 1 N–H and O–H groups in total. The van der Waals surface area contributed by atoms with Gasteiger partial charge in [0.05, 0.1) is 10.6 Å². The number of anilines is 1. The van der Waals surface area contributed by atoms with Crippen LogP contribution in [0.2, 0.25) is 5.02 Å². The minimum Gasteiger partial charge on any atom is -0.352 e. The highest BCUT2D eigenvalue weighted by atomic mass is 79.9. The van der Waals surface area contributed by atoms with Gasteiger partial charge in [-0.15, -0.1) is 0 Å². The Labute approximate surface area is 231 Å². The molecule has 0 spiro atoms. The summed E-state index contributed by atoms with van der Waals surface area (Å²) >= 11 is 9.36. The van der Waals surface area contributed by atoms with Crippen molar-refractivity contribution < 1.29 is 18.0 Å². The summed E-state index contributed by atoms with van der Waals surface area (Å²) < 4.78 is 29.3. The Morgan fingerprint density at radius 3 is 2.08 bits per heavy atom. The van der Waals surface area contributed by atoms with E-state index in [1.165, 1.54) is 29.2 Å². The molecule has 1 unspecified atom stereocenters. The van der Waals surface area contributed by atoms with E-state index < -0.39 is 28.5 Å². The number of nitrogens with one attached hydrogen (secondary N) is 1. The lowest BCUT2D eigenvalue weighted by Crippen LogP contribution is -2.52. The molecule has 37 heavy (non-hydrogen) atoms. The molecule has 7 nitrogen and oxygen atoms in total. The summed E-state index contributed by atoms with van der Waals surface area (Å²) in [4.78, 5) is 28.1. The van der Waals surface area contributed by atoms with Gasteiger partial charge in [-0.3, -0.25) is 13.9 Å². The van der Waals surface area contributed by atoms with Gasteiger partial charge in [-0.2, -0.15) is 0 Å². The average molecular weight is 607 g/mol. The smallest absolute Gasteiger partial charge is 0.264 e. The van der Waals surface area contributed by atoms with Gasteiger partial charge in [0.1, 0.15) is 12.6 Å². The van der Waals surface area contributed by atoms with Gasteiger partial charge in [-0.05, 0) is 74.9 Å². The molecular weight excluding hydrogens is 578 g/mol. The van der Waals surface area contributed by atoms with Gasteiger partial charge in [0.25, 0.3) is 10.0 Å². The van der Waals surface area contributed by atoms with Crippen molar-refractivity contribution in [2.45, 2.75) is 44.3 Å². The Morgan fingerprint density at radius 2 is 1.51 bits per heavy atom. The number of para-hydroxylation sites is 1. The molecule has 2 amide bonds. The molecule has 3 aromatic carbocycles. The number of sulfonamides is 1. The average Bonchev–Trinajstić information content (AvgIpc) is 2.86. The topological polar surface area (TPSA) is 86.8 Å². The van der Waals surface area contributed by atoms with Crippen LogP contribution in [-0.2, 0) is 26.2 Å². The fourth-order valence-corrected chi connectivity index (χ4v) is 5.44. The molecule has 3 rings (SSSR count). The van der Waals surface area contributed by atoms with Gasteiger partial charge in [0.2, 0.25) is 11.8 Å². The predicted octanol–water partition coefficient (Wildman–Crippen LogP) is 5.24. The Morgan fingerprint density at radius 1 is 0.919 bits per heavy atom. The molecule has 0 aliphatic carbocycles. The fraction of sp³-hybridized carbons (Fsp3) is 0.259. The van der Waals surface area contributed by atoms with Gasteiger partial charge >= 0.3 is 0 Å². The molecule has 0 aromatic heterocycles. The quantitative estimate of drug-likeness (QED) is 0.342. The zero-order valence-electron chi connectivity index (χ0n) is 20.8. The standard InChI is InChI=1S/C27H29BrClN3O4S/c1-19(2)30-27(34)20(3)31(17-21-9-11-22(28)12-10-21)26(33)18-32(24-7-5-4-6-8-24)37(35,36)25-15-13-23(29)14-16-25/h4-16,19-20H,17-18H2,1-3H3,(H,30,34). The van der Waals surface area contributed by atoms with E-state index in [0.29, 0.717) is 10.7 Å². The SMILES string of the molecule is CC(C)NC(=O)C(C)N(Cc1ccc(Br)cc1)C(=O)CN(c1ccccc1)S(=O)(=O)c1ccc(Cl)cc1. The molecule has 0 aliphatic heterocycles. The van der Waals surface area contributed by atoms with Crippen LogP contribution >= 0.6 is 27.5 Å². The lowest BCUT2D eigenvalue weighted by atomic mass is 10.1. The van der Waals surface area contributed by atoms with E-state index in [9.17, 15) is 18.0 Å². The Kier molecular flexibility index (Phi) is 9.75. The van der Waals surface area contributed by atoms with Crippen molar-refractivity contribution in [1.82, 2.24) is 10.2 Å². The summed E-state index contributed by atoms with van der Waals surface area (Å²) in [6, 6.07) is 20.6. The lowest BCUT2D eigenvalue weighted by molar-refractivity contribution is -0.139. The van der Waals surface area contributed by atoms with Crippen LogP contribution in [0.3, 0.4) is 0 Å². The molecule has 0 radical (unpaired) electrons. The number of amides is 2. The first-order chi connectivity index (χ1) is 17.5. The van der Waals surface area contributed by atoms with Crippen LogP contribution in [-0.4, -0.2) is 43.8 Å². The second-order valence-electron chi connectivity index (χ2n) is 8.79. The van der Waals surface area contributed by atoms with Crippen molar-refractivity contribution in [3.8, 4) is 0 Å². The molecule has 0 fully saturated rings. The van der Waals surface area contributed by atoms with Crippen molar-refractivity contribution in [2.24, 2.45) is 0 Å². The van der Waals surface area contributed by atoms with E-state index in [-0.39, 0.29) is 23.4 Å². The molecule has 0 saturated heterocycles. The summed E-state index contributed by atoms with van der Waals surface area (Å²) in [7, 11) is -4.12. The normalized spacial score (nSPS) is 12.2. The van der Waals surface area contributed by atoms with Gasteiger partial charge in [-0.25, -0.2) is 8.42 Å². The summed E-state index contributed by atoms with van der Waals surface area (Å²) in [6.45, 7) is 4.94. The molecule has 10 heteroatoms. The van der Waals surface area contributed by atoms with Gasteiger partial charge in [-0.1, -0.05) is 57.9 Å². The maximum absolute atomic E-state index is 13.8. The van der Waals surface area contributed by atoms with Gasteiger partial charge < -0.3 is 10.2 Å². The van der Waals surface area contributed by atoms with E-state index >= 15 is 0 Å². The lowest BCUT2D eigenvalue weighted by Gasteiger charge is -2.32. The second-order valence-corrected chi connectivity index (χ2v) is 12.0. The molecule has 0 bridgehead atoms. The third-order valence-electron chi connectivity index (χ3n) is 5.59. The Bertz CT molecular complexity index is 1320. The minimum atomic E-state index is -4.12. The molecule has 196 valence electrons. The minimum absolute atomic E-state index is 0.00129. The maximum atomic E-state index is 13.8. The van der Waals surface area contributed by atoms with Crippen molar-refractivity contribution in [3.63, 3.8) is 0 Å². The number of hydrogen-bond donors (Lipinski definition) is 1. The molecule has 0 heterocycles. The molecule has 1 atom stereocenters. The van der Waals surface area contributed by atoms with Crippen molar-refractivity contribution in [3.05, 3.63) is 93.9 Å². The van der Waals surface area contributed by atoms with E-state index in [2.05, 4.69) is 21.2 Å². The van der Waals surface area contributed by atoms with Crippen molar-refractivity contribution in [1.29, 1.82) is 0 Å². The van der Waals surface area contributed by atoms with Crippen LogP contribution < -0.4 is 9.62 Å².